The van der Waals surface area contributed by atoms with E-state index >= 15 is 0 Å². The van der Waals surface area contributed by atoms with E-state index in [-0.39, 0.29) is 12.5 Å². The van der Waals surface area contributed by atoms with Crippen LogP contribution in [0.1, 0.15) is 29.2 Å². The Bertz CT molecular complexity index is 592. The highest BCUT2D eigenvalue weighted by atomic mass is 16.4. The fourth-order valence-electron chi connectivity index (χ4n) is 2.17. The fourth-order valence-corrected chi connectivity index (χ4v) is 2.17. The van der Waals surface area contributed by atoms with E-state index < -0.39 is 5.97 Å². The largest absolute Gasteiger partial charge is 0.481 e. The molecule has 2 aromatic rings. The Kier molecular flexibility index (Phi) is 4.53. The van der Waals surface area contributed by atoms with E-state index in [0.29, 0.717) is 6.54 Å². The molecule has 0 spiro atoms. The summed E-state index contributed by atoms with van der Waals surface area (Å²) in [4.78, 5) is 11.0. The lowest BCUT2D eigenvalue weighted by atomic mass is 10.0. The molecule has 5 nitrogen and oxygen atoms in total. The van der Waals surface area contributed by atoms with Crippen LogP contribution in [0.15, 0.2) is 36.7 Å². The summed E-state index contributed by atoms with van der Waals surface area (Å²) >= 11 is 0. The molecule has 106 valence electrons. The highest BCUT2D eigenvalue weighted by Gasteiger charge is 2.15. The van der Waals surface area contributed by atoms with E-state index in [0.717, 1.165) is 16.7 Å². The normalized spacial score (nSPS) is 12.3. The number of carbonyl (C=O) groups is 1. The predicted molar refractivity (Wildman–Crippen MR) is 76.2 cm³/mol. The lowest BCUT2D eigenvalue weighted by molar-refractivity contribution is -0.137. The molecule has 0 bridgehead atoms. The second-order valence-electron chi connectivity index (χ2n) is 4.97. The maximum Gasteiger partial charge on any atom is 0.305 e. The highest BCUT2D eigenvalue weighted by molar-refractivity contribution is 5.68. The van der Waals surface area contributed by atoms with Crippen LogP contribution in [0, 0.1) is 6.92 Å². The summed E-state index contributed by atoms with van der Waals surface area (Å²) in [6.45, 7) is 2.60. The number of aliphatic carboxylic acids is 1. The third-order valence-corrected chi connectivity index (χ3v) is 3.13. The van der Waals surface area contributed by atoms with Crippen LogP contribution in [0.2, 0.25) is 0 Å². The second kappa shape index (κ2) is 6.34. The average molecular weight is 273 g/mol. The molecule has 1 unspecified atom stereocenters. The maximum absolute atomic E-state index is 11.0. The minimum Gasteiger partial charge on any atom is -0.481 e. The fraction of sp³-hybridized carbons (Fsp3) is 0.333. The molecule has 20 heavy (non-hydrogen) atoms. The molecule has 2 rings (SSSR count). The smallest absolute Gasteiger partial charge is 0.305 e. The van der Waals surface area contributed by atoms with E-state index in [1.54, 1.807) is 10.9 Å². The first-order valence-corrected chi connectivity index (χ1v) is 6.54. The number of aryl methyl sites for hydroxylation is 2. The molecule has 1 atom stereocenters. The molecular weight excluding hydrogens is 254 g/mol. The lowest BCUT2D eigenvalue weighted by Crippen LogP contribution is -2.23. The summed E-state index contributed by atoms with van der Waals surface area (Å²) in [6, 6.07) is 7.72. The van der Waals surface area contributed by atoms with Crippen molar-refractivity contribution in [1.29, 1.82) is 0 Å². The summed E-state index contributed by atoms with van der Waals surface area (Å²) in [5.74, 6) is -0.810. The van der Waals surface area contributed by atoms with Crippen LogP contribution >= 0.6 is 0 Å². The van der Waals surface area contributed by atoms with Crippen molar-refractivity contribution in [2.75, 3.05) is 0 Å². The van der Waals surface area contributed by atoms with Crippen LogP contribution in [0.25, 0.3) is 0 Å². The summed E-state index contributed by atoms with van der Waals surface area (Å²) in [6.07, 6.45) is 3.76. The predicted octanol–water partition coefficient (Wildman–Crippen LogP) is 2.03. The SMILES string of the molecule is Cc1cccc(C(CC(=O)O)NCc2cnn(C)c2)c1. The monoisotopic (exact) mass is 273 g/mol. The summed E-state index contributed by atoms with van der Waals surface area (Å²) in [5, 5.41) is 16.5. The second-order valence-corrected chi connectivity index (χ2v) is 4.97. The average Bonchev–Trinajstić information content (AvgIpc) is 2.80. The standard InChI is InChI=1S/C15H19N3O2/c1-11-4-3-5-13(6-11)14(7-15(19)20)16-8-12-9-17-18(2)10-12/h3-6,9-10,14,16H,7-8H2,1-2H3,(H,19,20). The number of hydrogen-bond donors (Lipinski definition) is 2. The topological polar surface area (TPSA) is 67.2 Å². The van der Waals surface area contributed by atoms with E-state index in [4.69, 9.17) is 5.11 Å². The van der Waals surface area contributed by atoms with Crippen molar-refractivity contribution >= 4 is 5.97 Å². The van der Waals surface area contributed by atoms with Crippen LogP contribution in [0.5, 0.6) is 0 Å². The minimum absolute atomic E-state index is 0.0592. The molecule has 0 radical (unpaired) electrons. The number of nitrogens with one attached hydrogen (secondary N) is 1. The third-order valence-electron chi connectivity index (χ3n) is 3.13. The van der Waals surface area contributed by atoms with Gasteiger partial charge in [0.1, 0.15) is 0 Å². The molecule has 0 saturated carbocycles. The molecule has 0 saturated heterocycles. The molecule has 0 fully saturated rings. The van der Waals surface area contributed by atoms with E-state index in [1.807, 2.05) is 44.4 Å². The molecule has 1 aromatic carbocycles. The van der Waals surface area contributed by atoms with Gasteiger partial charge in [-0.2, -0.15) is 5.10 Å². The molecule has 0 aliphatic carbocycles. The van der Waals surface area contributed by atoms with Gasteiger partial charge in [-0.15, -0.1) is 0 Å². The maximum atomic E-state index is 11.0. The van der Waals surface area contributed by atoms with Crippen LogP contribution in [0.4, 0.5) is 0 Å². The number of hydrogen-bond acceptors (Lipinski definition) is 3. The number of carboxylic acid groups (broad SMARTS) is 1. The minimum atomic E-state index is -0.810. The van der Waals surface area contributed by atoms with Crippen LogP contribution in [0.3, 0.4) is 0 Å². The van der Waals surface area contributed by atoms with Crippen molar-refractivity contribution in [1.82, 2.24) is 15.1 Å². The van der Waals surface area contributed by atoms with Crippen molar-refractivity contribution in [3.63, 3.8) is 0 Å². The zero-order valence-electron chi connectivity index (χ0n) is 11.7. The molecule has 0 amide bonds. The molecule has 0 aliphatic rings. The van der Waals surface area contributed by atoms with Gasteiger partial charge >= 0.3 is 5.97 Å². The Balaban J connectivity index is 2.09. The van der Waals surface area contributed by atoms with E-state index in [2.05, 4.69) is 10.4 Å². The zero-order valence-corrected chi connectivity index (χ0v) is 11.7. The third kappa shape index (κ3) is 3.93. The number of aromatic nitrogens is 2. The molecular formula is C15H19N3O2. The quantitative estimate of drug-likeness (QED) is 0.845. The Morgan fingerprint density at radius 3 is 2.90 bits per heavy atom. The number of benzene rings is 1. The summed E-state index contributed by atoms with van der Waals surface area (Å²) < 4.78 is 1.73. The number of rotatable bonds is 6. The first-order chi connectivity index (χ1) is 9.54. The van der Waals surface area contributed by atoms with Gasteiger partial charge in [0.2, 0.25) is 0 Å². The van der Waals surface area contributed by atoms with Gasteiger partial charge in [0.25, 0.3) is 0 Å². The van der Waals surface area contributed by atoms with Crippen molar-refractivity contribution in [3.8, 4) is 0 Å². The molecule has 2 N–H and O–H groups in total. The van der Waals surface area contributed by atoms with Gasteiger partial charge in [0.15, 0.2) is 0 Å². The van der Waals surface area contributed by atoms with Crippen LogP contribution in [-0.4, -0.2) is 20.9 Å². The van der Waals surface area contributed by atoms with Gasteiger partial charge in [-0.1, -0.05) is 29.8 Å². The summed E-state index contributed by atoms with van der Waals surface area (Å²) in [7, 11) is 1.86. The van der Waals surface area contributed by atoms with E-state index in [9.17, 15) is 4.79 Å². The number of nitrogens with zero attached hydrogens (tertiary/aromatic N) is 2. The van der Waals surface area contributed by atoms with Gasteiger partial charge in [-0.05, 0) is 12.5 Å². The van der Waals surface area contributed by atoms with Crippen LogP contribution < -0.4 is 5.32 Å². The van der Waals surface area contributed by atoms with Crippen molar-refractivity contribution in [2.45, 2.75) is 25.9 Å². The zero-order chi connectivity index (χ0) is 14.5. The van der Waals surface area contributed by atoms with Gasteiger partial charge in [-0.25, -0.2) is 0 Å². The van der Waals surface area contributed by atoms with Crippen LogP contribution in [-0.2, 0) is 18.4 Å². The molecule has 1 heterocycles. The lowest BCUT2D eigenvalue weighted by Gasteiger charge is -2.17. The highest BCUT2D eigenvalue weighted by Crippen LogP contribution is 2.18. The van der Waals surface area contributed by atoms with Crippen molar-refractivity contribution in [3.05, 3.63) is 53.3 Å². The van der Waals surface area contributed by atoms with E-state index in [1.165, 1.54) is 0 Å². The van der Waals surface area contributed by atoms with Crippen molar-refractivity contribution < 1.29 is 9.90 Å². The molecule has 1 aromatic heterocycles. The van der Waals surface area contributed by atoms with Gasteiger partial charge < -0.3 is 10.4 Å². The van der Waals surface area contributed by atoms with Gasteiger partial charge in [0, 0.05) is 31.4 Å². The Morgan fingerprint density at radius 1 is 1.50 bits per heavy atom. The first kappa shape index (κ1) is 14.3. The first-order valence-electron chi connectivity index (χ1n) is 6.54. The molecule has 0 aliphatic heterocycles. The summed E-state index contributed by atoms with van der Waals surface area (Å²) in [5.41, 5.74) is 3.16. The number of carboxylic acids is 1. The Labute approximate surface area is 118 Å². The van der Waals surface area contributed by atoms with Gasteiger partial charge in [-0.3, -0.25) is 9.48 Å². The Hall–Kier alpha value is -2.14. The molecule has 5 heteroatoms. The van der Waals surface area contributed by atoms with Crippen molar-refractivity contribution in [2.24, 2.45) is 7.05 Å². The van der Waals surface area contributed by atoms with Gasteiger partial charge in [0.05, 0.1) is 12.6 Å². The Morgan fingerprint density at radius 2 is 2.30 bits per heavy atom.